The highest BCUT2D eigenvalue weighted by Crippen LogP contribution is 2.16. The van der Waals surface area contributed by atoms with Crippen LogP contribution in [0, 0.1) is 0 Å². The maximum atomic E-state index is 4.15. The molecular formula is C15H13N3. The van der Waals surface area contributed by atoms with Crippen LogP contribution in [0.1, 0.15) is 12.5 Å². The molecule has 0 fully saturated rings. The van der Waals surface area contributed by atoms with Gasteiger partial charge in [-0.1, -0.05) is 47.7 Å². The van der Waals surface area contributed by atoms with Crippen molar-refractivity contribution in [1.29, 1.82) is 0 Å². The van der Waals surface area contributed by atoms with Crippen LogP contribution in [0.5, 0.6) is 0 Å². The second-order valence-corrected chi connectivity index (χ2v) is 4.20. The molecule has 0 saturated heterocycles. The quantitative estimate of drug-likeness (QED) is 0.681. The van der Waals surface area contributed by atoms with Gasteiger partial charge in [-0.2, -0.15) is 0 Å². The second kappa shape index (κ2) is 4.45. The molecule has 0 unspecified atom stereocenters. The van der Waals surface area contributed by atoms with E-state index < -0.39 is 0 Å². The average molecular weight is 235 g/mol. The number of nitrogens with zero attached hydrogens (tertiary/aromatic N) is 3. The summed E-state index contributed by atoms with van der Waals surface area (Å²) in [5.74, 6) is 0. The summed E-state index contributed by atoms with van der Waals surface area (Å²) in [6.07, 6.45) is 2.00. The van der Waals surface area contributed by atoms with Crippen molar-refractivity contribution in [2.45, 2.75) is 6.92 Å². The van der Waals surface area contributed by atoms with Gasteiger partial charge >= 0.3 is 0 Å². The molecule has 2 aromatic carbocycles. The lowest BCUT2D eigenvalue weighted by atomic mass is 10.1. The molecule has 0 bridgehead atoms. The lowest BCUT2D eigenvalue weighted by molar-refractivity contribution is 0.861. The van der Waals surface area contributed by atoms with Crippen molar-refractivity contribution in [1.82, 2.24) is 15.0 Å². The molecule has 3 aromatic rings. The van der Waals surface area contributed by atoms with Crippen LogP contribution >= 0.6 is 0 Å². The Morgan fingerprint density at radius 1 is 1.00 bits per heavy atom. The molecule has 1 heterocycles. The Labute approximate surface area is 105 Å². The predicted molar refractivity (Wildman–Crippen MR) is 73.8 cm³/mol. The maximum Gasteiger partial charge on any atom is 0.113 e. The number of rotatable bonds is 2. The minimum atomic E-state index is 0.912. The Morgan fingerprint density at radius 3 is 2.56 bits per heavy atom. The first-order chi connectivity index (χ1) is 8.84. The summed E-state index contributed by atoms with van der Waals surface area (Å²) in [5, 5.41) is 8.28. The average Bonchev–Trinajstić information content (AvgIpc) is 2.83. The third-order valence-electron chi connectivity index (χ3n) is 2.92. The summed E-state index contributed by atoms with van der Waals surface area (Å²) in [5.41, 5.74) is 4.28. The Kier molecular flexibility index (Phi) is 2.65. The normalized spacial score (nSPS) is 11.9. The molecule has 0 radical (unpaired) electrons. The van der Waals surface area contributed by atoms with Gasteiger partial charge in [-0.3, -0.25) is 0 Å². The highest BCUT2D eigenvalue weighted by atomic mass is 15.4. The number of benzene rings is 2. The van der Waals surface area contributed by atoms with Crippen LogP contribution < -0.4 is 0 Å². The molecule has 3 nitrogen and oxygen atoms in total. The van der Waals surface area contributed by atoms with Gasteiger partial charge in [0.25, 0.3) is 0 Å². The van der Waals surface area contributed by atoms with Crippen LogP contribution in [0.15, 0.2) is 54.6 Å². The zero-order valence-corrected chi connectivity index (χ0v) is 10.1. The summed E-state index contributed by atoms with van der Waals surface area (Å²) >= 11 is 0. The van der Waals surface area contributed by atoms with Gasteiger partial charge in [0.2, 0.25) is 0 Å². The Morgan fingerprint density at radius 2 is 1.72 bits per heavy atom. The summed E-state index contributed by atoms with van der Waals surface area (Å²) < 4.78 is 1.82. The van der Waals surface area contributed by atoms with E-state index in [-0.39, 0.29) is 0 Å². The molecule has 0 N–H and O–H groups in total. The van der Waals surface area contributed by atoms with Crippen LogP contribution in [0.2, 0.25) is 0 Å². The van der Waals surface area contributed by atoms with Gasteiger partial charge in [-0.05, 0) is 30.2 Å². The fraction of sp³-hybridized carbons (Fsp3) is 0.0667. The SMILES string of the molecule is C/C(=C/n1nnc2ccccc21)c1ccccc1. The van der Waals surface area contributed by atoms with Crippen LogP contribution in [0.3, 0.4) is 0 Å². The van der Waals surface area contributed by atoms with Crippen LogP contribution in [0.25, 0.3) is 22.8 Å². The van der Waals surface area contributed by atoms with E-state index in [9.17, 15) is 0 Å². The number of hydrogen-bond donors (Lipinski definition) is 0. The fourth-order valence-corrected chi connectivity index (χ4v) is 1.94. The molecule has 0 aliphatic rings. The molecule has 3 heteroatoms. The van der Waals surface area contributed by atoms with Crippen LogP contribution in [0.4, 0.5) is 0 Å². The van der Waals surface area contributed by atoms with E-state index in [0.29, 0.717) is 0 Å². The molecule has 88 valence electrons. The predicted octanol–water partition coefficient (Wildman–Crippen LogP) is 3.45. The zero-order valence-electron chi connectivity index (χ0n) is 10.1. The fourth-order valence-electron chi connectivity index (χ4n) is 1.94. The summed E-state index contributed by atoms with van der Waals surface area (Å²) in [7, 11) is 0. The standard InChI is InChI=1S/C15H13N3/c1-12(13-7-3-2-4-8-13)11-18-15-10-6-5-9-14(15)16-17-18/h2-11H,1H3/b12-11-. The van der Waals surface area contributed by atoms with Crippen LogP contribution in [-0.2, 0) is 0 Å². The first-order valence-electron chi connectivity index (χ1n) is 5.88. The van der Waals surface area contributed by atoms with Crippen LogP contribution in [-0.4, -0.2) is 15.0 Å². The molecule has 18 heavy (non-hydrogen) atoms. The summed E-state index contributed by atoms with van der Waals surface area (Å²) in [6.45, 7) is 2.08. The largest absolute Gasteiger partial charge is 0.220 e. The van der Waals surface area contributed by atoms with Gasteiger partial charge in [0.15, 0.2) is 0 Å². The molecule has 3 rings (SSSR count). The van der Waals surface area contributed by atoms with E-state index in [1.165, 1.54) is 5.56 Å². The van der Waals surface area contributed by atoms with E-state index in [1.807, 2.05) is 53.3 Å². The van der Waals surface area contributed by atoms with Crippen molar-refractivity contribution in [2.24, 2.45) is 0 Å². The molecule has 0 saturated carbocycles. The Balaban J connectivity index is 2.06. The minimum Gasteiger partial charge on any atom is -0.220 e. The van der Waals surface area contributed by atoms with Gasteiger partial charge in [-0.25, -0.2) is 4.68 Å². The summed E-state index contributed by atoms with van der Waals surface area (Å²) in [4.78, 5) is 0. The van der Waals surface area contributed by atoms with E-state index >= 15 is 0 Å². The lowest BCUT2D eigenvalue weighted by Crippen LogP contribution is -1.91. The van der Waals surface area contributed by atoms with Crippen molar-refractivity contribution >= 4 is 22.8 Å². The van der Waals surface area contributed by atoms with E-state index in [4.69, 9.17) is 0 Å². The summed E-state index contributed by atoms with van der Waals surface area (Å²) in [6, 6.07) is 18.2. The smallest absolute Gasteiger partial charge is 0.113 e. The first-order valence-corrected chi connectivity index (χ1v) is 5.88. The highest BCUT2D eigenvalue weighted by molar-refractivity contribution is 5.80. The minimum absolute atomic E-state index is 0.912. The van der Waals surface area contributed by atoms with Gasteiger partial charge < -0.3 is 0 Å². The van der Waals surface area contributed by atoms with Crippen molar-refractivity contribution in [3.8, 4) is 0 Å². The van der Waals surface area contributed by atoms with Gasteiger partial charge in [0, 0.05) is 6.20 Å². The number of aromatic nitrogens is 3. The molecule has 0 aliphatic carbocycles. The third-order valence-corrected chi connectivity index (χ3v) is 2.92. The lowest BCUT2D eigenvalue weighted by Gasteiger charge is -2.01. The van der Waals surface area contributed by atoms with E-state index in [2.05, 4.69) is 29.4 Å². The first kappa shape index (κ1) is 10.7. The van der Waals surface area contributed by atoms with E-state index in [1.54, 1.807) is 0 Å². The van der Waals surface area contributed by atoms with Gasteiger partial charge in [0.1, 0.15) is 5.52 Å². The number of para-hydroxylation sites is 1. The van der Waals surface area contributed by atoms with Crippen molar-refractivity contribution < 1.29 is 0 Å². The van der Waals surface area contributed by atoms with Crippen molar-refractivity contribution in [2.75, 3.05) is 0 Å². The number of hydrogen-bond acceptors (Lipinski definition) is 2. The molecule has 1 aromatic heterocycles. The Hall–Kier alpha value is -2.42. The van der Waals surface area contributed by atoms with Crippen molar-refractivity contribution in [3.05, 3.63) is 60.2 Å². The Bertz CT molecular complexity index is 696. The van der Waals surface area contributed by atoms with Gasteiger partial charge in [-0.15, -0.1) is 5.10 Å². The third kappa shape index (κ3) is 1.91. The maximum absolute atomic E-state index is 4.15. The molecule has 0 atom stereocenters. The second-order valence-electron chi connectivity index (χ2n) is 4.20. The number of fused-ring (bicyclic) bond motifs is 1. The molecular weight excluding hydrogens is 222 g/mol. The highest BCUT2D eigenvalue weighted by Gasteiger charge is 2.01. The monoisotopic (exact) mass is 235 g/mol. The molecule has 0 amide bonds. The number of allylic oxidation sites excluding steroid dienone is 1. The van der Waals surface area contributed by atoms with Gasteiger partial charge in [0.05, 0.1) is 5.52 Å². The topological polar surface area (TPSA) is 30.7 Å². The molecule has 0 aliphatic heterocycles. The van der Waals surface area contributed by atoms with E-state index in [0.717, 1.165) is 16.6 Å². The van der Waals surface area contributed by atoms with Crippen molar-refractivity contribution in [3.63, 3.8) is 0 Å². The molecule has 0 spiro atoms. The zero-order chi connectivity index (χ0) is 12.4.